The molecule has 1 aliphatic rings. The van der Waals surface area contributed by atoms with Crippen LogP contribution in [0.4, 0.5) is 0 Å². The molecular formula is C18H30N4O3. The molecule has 1 aromatic carbocycles. The molecule has 0 bridgehead atoms. The molecule has 140 valence electrons. The Hall–Kier alpha value is -1.83. The lowest BCUT2D eigenvalue weighted by atomic mass is 10.2. The molecule has 0 aliphatic carbocycles. The molecular weight excluding hydrogens is 320 g/mol. The van der Waals surface area contributed by atoms with Gasteiger partial charge in [0.1, 0.15) is 12.4 Å². The van der Waals surface area contributed by atoms with Crippen molar-refractivity contribution >= 4 is 5.96 Å². The van der Waals surface area contributed by atoms with Crippen molar-refractivity contribution in [3.63, 3.8) is 0 Å². The maximum atomic E-state index is 5.92. The molecule has 1 saturated heterocycles. The van der Waals surface area contributed by atoms with Crippen molar-refractivity contribution in [1.29, 1.82) is 0 Å². The first-order valence-electron chi connectivity index (χ1n) is 8.82. The van der Waals surface area contributed by atoms with Crippen molar-refractivity contribution < 1.29 is 14.2 Å². The molecule has 1 fully saturated rings. The molecule has 3 N–H and O–H groups in total. The number of ether oxygens (including phenoxy) is 3. The van der Waals surface area contributed by atoms with Gasteiger partial charge >= 0.3 is 0 Å². The van der Waals surface area contributed by atoms with Gasteiger partial charge in [-0.05, 0) is 30.7 Å². The molecule has 2 rings (SSSR count). The zero-order chi connectivity index (χ0) is 17.7. The van der Waals surface area contributed by atoms with Gasteiger partial charge in [0.15, 0.2) is 5.96 Å². The Kier molecular flexibility index (Phi) is 9.11. The largest absolute Gasteiger partial charge is 0.491 e. The Labute approximate surface area is 150 Å². The van der Waals surface area contributed by atoms with Crippen LogP contribution in [0.1, 0.15) is 12.0 Å². The third-order valence-corrected chi connectivity index (χ3v) is 3.97. The van der Waals surface area contributed by atoms with Gasteiger partial charge in [0.05, 0.1) is 26.4 Å². The van der Waals surface area contributed by atoms with E-state index in [-0.39, 0.29) is 0 Å². The van der Waals surface area contributed by atoms with E-state index in [9.17, 15) is 0 Å². The van der Waals surface area contributed by atoms with E-state index in [0.29, 0.717) is 25.7 Å². The average Bonchev–Trinajstić information content (AvgIpc) is 2.66. The minimum Gasteiger partial charge on any atom is -0.491 e. The maximum Gasteiger partial charge on any atom is 0.188 e. The Bertz CT molecular complexity index is 502. The summed E-state index contributed by atoms with van der Waals surface area (Å²) in [6.45, 7) is 7.31. The number of nitrogens with zero attached hydrogens (tertiary/aromatic N) is 2. The van der Waals surface area contributed by atoms with Gasteiger partial charge in [0.25, 0.3) is 0 Å². The summed E-state index contributed by atoms with van der Waals surface area (Å²) < 4.78 is 15.8. The van der Waals surface area contributed by atoms with Crippen LogP contribution >= 0.6 is 0 Å². The number of morpholine rings is 1. The van der Waals surface area contributed by atoms with E-state index in [4.69, 9.17) is 19.9 Å². The second-order valence-electron chi connectivity index (χ2n) is 5.92. The summed E-state index contributed by atoms with van der Waals surface area (Å²) >= 11 is 0. The SMILES string of the molecule is COCCOc1ccc(CN=C(N)NCCCN2CCOCC2)cc1. The third-order valence-electron chi connectivity index (χ3n) is 3.97. The van der Waals surface area contributed by atoms with Crippen molar-refractivity contribution in [2.24, 2.45) is 10.7 Å². The zero-order valence-corrected chi connectivity index (χ0v) is 15.1. The summed E-state index contributed by atoms with van der Waals surface area (Å²) in [6, 6.07) is 7.87. The lowest BCUT2D eigenvalue weighted by molar-refractivity contribution is 0.0376. The highest BCUT2D eigenvalue weighted by atomic mass is 16.5. The van der Waals surface area contributed by atoms with Crippen molar-refractivity contribution in [2.75, 3.05) is 59.7 Å². The van der Waals surface area contributed by atoms with E-state index < -0.39 is 0 Å². The van der Waals surface area contributed by atoms with Gasteiger partial charge in [-0.1, -0.05) is 12.1 Å². The van der Waals surface area contributed by atoms with Crippen LogP contribution in [-0.2, 0) is 16.0 Å². The summed E-state index contributed by atoms with van der Waals surface area (Å²) in [5.41, 5.74) is 7.01. The molecule has 1 aromatic rings. The fourth-order valence-corrected chi connectivity index (χ4v) is 2.51. The molecule has 0 saturated carbocycles. The van der Waals surface area contributed by atoms with E-state index in [1.165, 1.54) is 0 Å². The Morgan fingerprint density at radius 2 is 2.00 bits per heavy atom. The van der Waals surface area contributed by atoms with Crippen molar-refractivity contribution in [2.45, 2.75) is 13.0 Å². The standard InChI is InChI=1S/C18H30N4O3/c1-23-13-14-25-17-5-3-16(4-6-17)15-21-18(19)20-7-2-8-22-9-11-24-12-10-22/h3-6H,2,7-15H2,1H3,(H3,19,20,21). The molecule has 1 aliphatic heterocycles. The third kappa shape index (κ3) is 8.20. The Morgan fingerprint density at radius 3 is 2.72 bits per heavy atom. The van der Waals surface area contributed by atoms with Crippen LogP contribution in [0.3, 0.4) is 0 Å². The first-order valence-corrected chi connectivity index (χ1v) is 8.82. The van der Waals surface area contributed by atoms with E-state index in [1.807, 2.05) is 24.3 Å². The van der Waals surface area contributed by atoms with Gasteiger partial charge < -0.3 is 25.3 Å². The molecule has 0 unspecified atom stereocenters. The minimum atomic E-state index is 0.488. The second-order valence-corrected chi connectivity index (χ2v) is 5.92. The van der Waals surface area contributed by atoms with Crippen LogP contribution < -0.4 is 15.8 Å². The summed E-state index contributed by atoms with van der Waals surface area (Å²) in [5.74, 6) is 1.32. The number of hydrogen-bond donors (Lipinski definition) is 2. The highest BCUT2D eigenvalue weighted by Gasteiger charge is 2.08. The van der Waals surface area contributed by atoms with E-state index >= 15 is 0 Å². The number of benzene rings is 1. The number of hydrogen-bond acceptors (Lipinski definition) is 5. The fraction of sp³-hybridized carbons (Fsp3) is 0.611. The molecule has 0 spiro atoms. The van der Waals surface area contributed by atoms with Gasteiger partial charge in [-0.3, -0.25) is 4.90 Å². The second kappa shape index (κ2) is 11.7. The number of rotatable bonds is 10. The number of guanidine groups is 1. The summed E-state index contributed by atoms with van der Waals surface area (Å²) in [6.07, 6.45) is 1.05. The highest BCUT2D eigenvalue weighted by Crippen LogP contribution is 2.12. The molecule has 1 heterocycles. The highest BCUT2D eigenvalue weighted by molar-refractivity contribution is 5.77. The maximum absolute atomic E-state index is 5.92. The van der Waals surface area contributed by atoms with Gasteiger partial charge in [-0.15, -0.1) is 0 Å². The van der Waals surface area contributed by atoms with Gasteiger partial charge in [-0.25, -0.2) is 4.99 Å². The van der Waals surface area contributed by atoms with Gasteiger partial charge in [0, 0.05) is 26.7 Å². The molecule has 25 heavy (non-hydrogen) atoms. The first-order chi connectivity index (χ1) is 12.3. The van der Waals surface area contributed by atoms with Crippen LogP contribution in [-0.4, -0.2) is 70.6 Å². The summed E-state index contributed by atoms with van der Waals surface area (Å²) in [4.78, 5) is 6.78. The molecule has 0 amide bonds. The fourth-order valence-electron chi connectivity index (χ4n) is 2.51. The number of methoxy groups -OCH3 is 1. The average molecular weight is 350 g/mol. The summed E-state index contributed by atoms with van der Waals surface area (Å²) in [5, 5.41) is 3.17. The zero-order valence-electron chi connectivity index (χ0n) is 15.1. The van der Waals surface area contributed by atoms with Gasteiger partial charge in [0.2, 0.25) is 0 Å². The topological polar surface area (TPSA) is 81.3 Å². The van der Waals surface area contributed by atoms with Crippen molar-refractivity contribution in [3.05, 3.63) is 29.8 Å². The van der Waals surface area contributed by atoms with E-state index in [2.05, 4.69) is 15.2 Å². The van der Waals surface area contributed by atoms with Crippen molar-refractivity contribution in [1.82, 2.24) is 10.2 Å². The first kappa shape index (κ1) is 19.5. The smallest absolute Gasteiger partial charge is 0.188 e. The Morgan fingerprint density at radius 1 is 1.24 bits per heavy atom. The van der Waals surface area contributed by atoms with Crippen LogP contribution in [0.25, 0.3) is 0 Å². The Balaban J connectivity index is 1.61. The molecule has 0 aromatic heterocycles. The van der Waals surface area contributed by atoms with Crippen LogP contribution in [0, 0.1) is 0 Å². The van der Waals surface area contributed by atoms with E-state index in [1.54, 1.807) is 7.11 Å². The van der Waals surface area contributed by atoms with E-state index in [0.717, 1.165) is 57.1 Å². The molecule has 0 radical (unpaired) electrons. The lowest BCUT2D eigenvalue weighted by Gasteiger charge is -2.26. The van der Waals surface area contributed by atoms with Crippen molar-refractivity contribution in [3.8, 4) is 5.75 Å². The lowest BCUT2D eigenvalue weighted by Crippen LogP contribution is -2.39. The number of nitrogens with one attached hydrogen (secondary N) is 1. The predicted molar refractivity (Wildman–Crippen MR) is 99.0 cm³/mol. The van der Waals surface area contributed by atoms with Crippen LogP contribution in [0.2, 0.25) is 0 Å². The number of aliphatic imine (C=N–C) groups is 1. The van der Waals surface area contributed by atoms with Crippen LogP contribution in [0.15, 0.2) is 29.3 Å². The normalized spacial score (nSPS) is 16.0. The number of nitrogens with two attached hydrogens (primary N) is 1. The predicted octanol–water partition coefficient (Wildman–Crippen LogP) is 0.838. The quantitative estimate of drug-likeness (QED) is 0.370. The molecule has 7 nitrogen and oxygen atoms in total. The summed E-state index contributed by atoms with van der Waals surface area (Å²) in [7, 11) is 1.66. The van der Waals surface area contributed by atoms with Crippen LogP contribution in [0.5, 0.6) is 5.75 Å². The minimum absolute atomic E-state index is 0.488. The molecule has 0 atom stereocenters. The molecule has 7 heteroatoms. The monoisotopic (exact) mass is 350 g/mol. The van der Waals surface area contributed by atoms with Gasteiger partial charge in [-0.2, -0.15) is 0 Å².